The third kappa shape index (κ3) is 1.49. The van der Waals surface area contributed by atoms with Crippen molar-refractivity contribution in [1.29, 1.82) is 0 Å². The minimum Gasteiger partial charge on any atom is -0.316 e. The zero-order valence-electron chi connectivity index (χ0n) is 8.77. The van der Waals surface area contributed by atoms with Gasteiger partial charge in [-0.15, -0.1) is 0 Å². The molecule has 5 heteroatoms. The van der Waals surface area contributed by atoms with Crippen molar-refractivity contribution in [2.24, 2.45) is 0 Å². The highest BCUT2D eigenvalue weighted by molar-refractivity contribution is 7.09. The van der Waals surface area contributed by atoms with Crippen LogP contribution < -0.4 is 4.90 Å². The summed E-state index contributed by atoms with van der Waals surface area (Å²) in [7, 11) is 0. The number of rotatable bonds is 1. The quantitative estimate of drug-likeness (QED) is 0.780. The number of aryl methyl sites for hydroxylation is 1. The second-order valence-corrected chi connectivity index (χ2v) is 4.90. The van der Waals surface area contributed by atoms with Crippen molar-refractivity contribution in [3.8, 4) is 0 Å². The molecule has 0 N–H and O–H groups in total. The smallest absolute Gasteiger partial charge is 0.209 e. The lowest BCUT2D eigenvalue weighted by molar-refractivity contribution is 0.982. The van der Waals surface area contributed by atoms with E-state index < -0.39 is 0 Å². The Hall–Kier alpha value is -1.13. The third-order valence-corrected chi connectivity index (χ3v) is 3.90. The average Bonchev–Trinajstić information content (AvgIpc) is 2.84. The monoisotopic (exact) mass is 251 g/mol. The average molecular weight is 252 g/mol. The Labute approximate surface area is 103 Å². The summed E-state index contributed by atoms with van der Waals surface area (Å²) in [5.74, 6) is 0.829. The van der Waals surface area contributed by atoms with E-state index in [-0.39, 0.29) is 0 Å². The van der Waals surface area contributed by atoms with Crippen molar-refractivity contribution in [1.82, 2.24) is 9.36 Å². The van der Waals surface area contributed by atoms with E-state index in [9.17, 15) is 0 Å². The Morgan fingerprint density at radius 3 is 3.06 bits per heavy atom. The Bertz CT molecular complexity index is 538. The summed E-state index contributed by atoms with van der Waals surface area (Å²) in [6.07, 6.45) is 0.980. The third-order valence-electron chi connectivity index (χ3n) is 2.72. The fourth-order valence-corrected chi connectivity index (χ4v) is 2.97. The molecular weight excluding hydrogens is 242 g/mol. The van der Waals surface area contributed by atoms with Crippen molar-refractivity contribution in [2.75, 3.05) is 11.4 Å². The number of aromatic nitrogens is 2. The SMILES string of the molecule is Cc1nsc(N2CCc3c(Cl)cccc32)n1. The topological polar surface area (TPSA) is 29.0 Å². The molecule has 1 aromatic heterocycles. The molecule has 1 aliphatic rings. The molecule has 2 heterocycles. The summed E-state index contributed by atoms with van der Waals surface area (Å²) in [6, 6.07) is 6.01. The molecule has 0 atom stereocenters. The number of fused-ring (bicyclic) bond motifs is 1. The van der Waals surface area contributed by atoms with Crippen LogP contribution in [0.5, 0.6) is 0 Å². The molecule has 1 aliphatic heterocycles. The summed E-state index contributed by atoms with van der Waals surface area (Å²) in [4.78, 5) is 6.60. The van der Waals surface area contributed by atoms with Gasteiger partial charge in [-0.3, -0.25) is 0 Å². The van der Waals surface area contributed by atoms with Crippen LogP contribution >= 0.6 is 23.1 Å². The molecule has 0 saturated carbocycles. The Morgan fingerprint density at radius 1 is 1.44 bits per heavy atom. The predicted molar refractivity (Wildman–Crippen MR) is 66.8 cm³/mol. The summed E-state index contributed by atoms with van der Waals surface area (Å²) < 4.78 is 4.21. The lowest BCUT2D eigenvalue weighted by atomic mass is 10.2. The van der Waals surface area contributed by atoms with Gasteiger partial charge in [0.25, 0.3) is 0 Å². The molecule has 0 fully saturated rings. The van der Waals surface area contributed by atoms with Crippen LogP contribution in [-0.4, -0.2) is 15.9 Å². The molecule has 0 aliphatic carbocycles. The number of anilines is 2. The maximum absolute atomic E-state index is 6.17. The van der Waals surface area contributed by atoms with E-state index in [4.69, 9.17) is 11.6 Å². The molecule has 0 unspecified atom stereocenters. The Morgan fingerprint density at radius 2 is 2.31 bits per heavy atom. The van der Waals surface area contributed by atoms with E-state index >= 15 is 0 Å². The minimum absolute atomic E-state index is 0.829. The zero-order chi connectivity index (χ0) is 11.1. The molecule has 0 radical (unpaired) electrons. The number of hydrogen-bond donors (Lipinski definition) is 0. The Kier molecular flexibility index (Phi) is 2.33. The molecule has 3 nitrogen and oxygen atoms in total. The maximum Gasteiger partial charge on any atom is 0.209 e. The van der Waals surface area contributed by atoms with Gasteiger partial charge in [-0.05, 0) is 31.0 Å². The van der Waals surface area contributed by atoms with E-state index in [2.05, 4.69) is 20.3 Å². The fourth-order valence-electron chi connectivity index (χ4n) is 1.99. The molecule has 2 aromatic rings. The van der Waals surface area contributed by atoms with Crippen LogP contribution in [0, 0.1) is 6.92 Å². The van der Waals surface area contributed by atoms with Crippen LogP contribution in [0.4, 0.5) is 10.8 Å². The van der Waals surface area contributed by atoms with Gasteiger partial charge in [-0.1, -0.05) is 17.7 Å². The van der Waals surface area contributed by atoms with Crippen molar-refractivity contribution < 1.29 is 0 Å². The summed E-state index contributed by atoms with van der Waals surface area (Å²) in [6.45, 7) is 2.85. The lowest BCUT2D eigenvalue weighted by Gasteiger charge is -2.14. The standard InChI is InChI=1S/C11H10ClN3S/c1-7-13-11(16-14-7)15-6-5-8-9(12)3-2-4-10(8)15/h2-4H,5-6H2,1H3. The Balaban J connectivity index is 2.06. The van der Waals surface area contributed by atoms with Gasteiger partial charge >= 0.3 is 0 Å². The summed E-state index contributed by atoms with van der Waals surface area (Å²) in [5.41, 5.74) is 2.39. The van der Waals surface area contributed by atoms with Crippen LogP contribution in [0.2, 0.25) is 5.02 Å². The van der Waals surface area contributed by atoms with Crippen LogP contribution in [0.25, 0.3) is 0 Å². The minimum atomic E-state index is 0.829. The van der Waals surface area contributed by atoms with E-state index in [0.29, 0.717) is 0 Å². The second kappa shape index (κ2) is 3.71. The van der Waals surface area contributed by atoms with Crippen molar-refractivity contribution in [2.45, 2.75) is 13.3 Å². The first-order valence-electron chi connectivity index (χ1n) is 5.11. The van der Waals surface area contributed by atoms with Crippen molar-refractivity contribution in [3.63, 3.8) is 0 Å². The highest BCUT2D eigenvalue weighted by atomic mass is 35.5. The van der Waals surface area contributed by atoms with Gasteiger partial charge in [0.05, 0.1) is 0 Å². The number of benzene rings is 1. The van der Waals surface area contributed by atoms with Crippen LogP contribution in [-0.2, 0) is 6.42 Å². The molecule has 3 rings (SSSR count). The van der Waals surface area contributed by atoms with Gasteiger partial charge in [0.1, 0.15) is 5.82 Å². The fraction of sp³-hybridized carbons (Fsp3) is 0.273. The highest BCUT2D eigenvalue weighted by Gasteiger charge is 2.24. The maximum atomic E-state index is 6.17. The highest BCUT2D eigenvalue weighted by Crippen LogP contribution is 2.38. The molecular formula is C11H10ClN3S. The lowest BCUT2D eigenvalue weighted by Crippen LogP contribution is -2.12. The van der Waals surface area contributed by atoms with Gasteiger partial charge < -0.3 is 4.90 Å². The molecule has 82 valence electrons. The first-order valence-corrected chi connectivity index (χ1v) is 6.26. The van der Waals surface area contributed by atoms with Crippen LogP contribution in [0.15, 0.2) is 18.2 Å². The van der Waals surface area contributed by atoms with Gasteiger partial charge in [-0.25, -0.2) is 4.98 Å². The van der Waals surface area contributed by atoms with Gasteiger partial charge in [-0.2, -0.15) is 4.37 Å². The van der Waals surface area contributed by atoms with Crippen molar-refractivity contribution in [3.05, 3.63) is 34.6 Å². The zero-order valence-corrected chi connectivity index (χ0v) is 10.3. The number of nitrogens with zero attached hydrogens (tertiary/aromatic N) is 3. The van der Waals surface area contributed by atoms with E-state index in [1.807, 2.05) is 19.1 Å². The molecule has 0 saturated heterocycles. The summed E-state index contributed by atoms with van der Waals surface area (Å²) >= 11 is 7.61. The molecule has 1 aromatic carbocycles. The molecule has 0 bridgehead atoms. The van der Waals surface area contributed by atoms with E-state index in [0.717, 1.165) is 28.9 Å². The van der Waals surface area contributed by atoms with Gasteiger partial charge in [0.2, 0.25) is 5.13 Å². The van der Waals surface area contributed by atoms with Gasteiger partial charge in [0.15, 0.2) is 0 Å². The first kappa shape index (κ1) is 10.1. The van der Waals surface area contributed by atoms with Gasteiger partial charge in [0, 0.05) is 28.8 Å². The second-order valence-electron chi connectivity index (χ2n) is 3.76. The van der Waals surface area contributed by atoms with Crippen molar-refractivity contribution >= 4 is 34.0 Å². The molecule has 0 amide bonds. The number of halogens is 1. The molecule has 0 spiro atoms. The van der Waals surface area contributed by atoms with Crippen LogP contribution in [0.3, 0.4) is 0 Å². The normalized spacial score (nSPS) is 14.2. The molecule has 16 heavy (non-hydrogen) atoms. The van der Waals surface area contributed by atoms with Crippen LogP contribution in [0.1, 0.15) is 11.4 Å². The van der Waals surface area contributed by atoms with E-state index in [1.54, 1.807) is 0 Å². The largest absolute Gasteiger partial charge is 0.316 e. The number of hydrogen-bond acceptors (Lipinski definition) is 4. The van der Waals surface area contributed by atoms with E-state index in [1.165, 1.54) is 22.8 Å². The summed E-state index contributed by atoms with van der Waals surface area (Å²) in [5, 5.41) is 1.81. The first-order chi connectivity index (χ1) is 7.75. The predicted octanol–water partition coefficient (Wildman–Crippen LogP) is 3.19.